The number of anilines is 1. The molecule has 0 amide bonds. The van der Waals surface area contributed by atoms with Gasteiger partial charge in [0.25, 0.3) is 0 Å². The van der Waals surface area contributed by atoms with Crippen molar-refractivity contribution < 1.29 is 9.08 Å². The van der Waals surface area contributed by atoms with Gasteiger partial charge in [-0.2, -0.15) is 0 Å². The molecule has 1 aliphatic rings. The monoisotopic (exact) mass is 477 g/mol. The third-order valence-corrected chi connectivity index (χ3v) is 6.64. The molecule has 3 N–H and O–H groups in total. The van der Waals surface area contributed by atoms with Crippen molar-refractivity contribution in [1.82, 2.24) is 20.4 Å². The first-order valence-corrected chi connectivity index (χ1v) is 12.4. The number of nitrogen functional groups attached to an aromatic ring is 1. The summed E-state index contributed by atoms with van der Waals surface area (Å²) in [5.74, 6) is 0.694. The zero-order valence-electron chi connectivity index (χ0n) is 20.0. The lowest BCUT2D eigenvalue weighted by atomic mass is 10.1. The lowest BCUT2D eigenvalue weighted by Crippen LogP contribution is -2.15. The van der Waals surface area contributed by atoms with Gasteiger partial charge in [0.15, 0.2) is 17.3 Å². The van der Waals surface area contributed by atoms with Gasteiger partial charge in [0, 0.05) is 30.2 Å². The van der Waals surface area contributed by atoms with Gasteiger partial charge in [0.05, 0.1) is 11.9 Å². The predicted octanol–water partition coefficient (Wildman–Crippen LogP) is 4.83. The minimum Gasteiger partial charge on any atom is -0.611 e. The molecule has 7 nitrogen and oxygen atoms in total. The van der Waals surface area contributed by atoms with Crippen LogP contribution in [0.5, 0.6) is 0 Å². The summed E-state index contributed by atoms with van der Waals surface area (Å²) in [7, 11) is 1.90. The van der Waals surface area contributed by atoms with Crippen molar-refractivity contribution in [2.75, 3.05) is 19.3 Å². The number of hydrogen-bond acceptors (Lipinski definition) is 7. The van der Waals surface area contributed by atoms with Crippen molar-refractivity contribution >= 4 is 28.1 Å². The fraction of sp³-hybridized carbons (Fsp3) is 0.269. The maximum absolute atomic E-state index is 12.5. The molecule has 0 spiro atoms. The van der Waals surface area contributed by atoms with Crippen LogP contribution in [0.3, 0.4) is 0 Å². The van der Waals surface area contributed by atoms with Crippen LogP contribution in [0, 0.1) is 0 Å². The standard InChI is InChI=1S/C26H31N5O2S/c1-5-9-19(10-6-7-15-28-4)22-16-24(33-31-22)25-26(27)29-17-23(30-25)20-11-8-12-21(14-13-20)34(32)18(2)3/h5-11,13-14,16-18,28H,12,15H2,1-4H3,(H2,27,29)/b7-6+,9-5-,19-10+. The third-order valence-electron chi connectivity index (χ3n) is 4.97. The average Bonchev–Trinajstić information content (AvgIpc) is 3.18. The summed E-state index contributed by atoms with van der Waals surface area (Å²) in [6, 6.07) is 1.81. The van der Waals surface area contributed by atoms with Crippen molar-refractivity contribution in [2.45, 2.75) is 32.4 Å². The van der Waals surface area contributed by atoms with Gasteiger partial charge in [-0.15, -0.1) is 0 Å². The van der Waals surface area contributed by atoms with Gasteiger partial charge in [-0.1, -0.05) is 47.7 Å². The van der Waals surface area contributed by atoms with Gasteiger partial charge in [-0.3, -0.25) is 0 Å². The quantitative estimate of drug-likeness (QED) is 0.393. The Morgan fingerprint density at radius 3 is 2.91 bits per heavy atom. The molecule has 0 saturated carbocycles. The van der Waals surface area contributed by atoms with Crippen molar-refractivity contribution in [3.05, 3.63) is 83.2 Å². The summed E-state index contributed by atoms with van der Waals surface area (Å²) in [6.07, 6.45) is 19.9. The van der Waals surface area contributed by atoms with E-state index in [4.69, 9.17) is 15.2 Å². The average molecular weight is 478 g/mol. The van der Waals surface area contributed by atoms with Crippen LogP contribution >= 0.6 is 0 Å². The van der Waals surface area contributed by atoms with Crippen LogP contribution < -0.4 is 11.1 Å². The van der Waals surface area contributed by atoms with E-state index in [2.05, 4.69) is 15.5 Å². The molecular formula is C26H31N5O2S. The molecule has 3 rings (SSSR count). The van der Waals surface area contributed by atoms with E-state index in [0.29, 0.717) is 29.3 Å². The molecule has 1 unspecified atom stereocenters. The van der Waals surface area contributed by atoms with Crippen LogP contribution in [-0.2, 0) is 11.2 Å². The van der Waals surface area contributed by atoms with Crippen LogP contribution in [0.25, 0.3) is 22.6 Å². The molecule has 0 saturated heterocycles. The number of aromatic nitrogens is 3. The molecule has 0 aromatic carbocycles. The molecule has 8 heteroatoms. The van der Waals surface area contributed by atoms with Crippen molar-refractivity contribution in [2.24, 2.45) is 0 Å². The van der Waals surface area contributed by atoms with E-state index in [-0.39, 0.29) is 11.1 Å². The smallest absolute Gasteiger partial charge is 0.189 e. The fourth-order valence-corrected chi connectivity index (χ4v) is 4.30. The number of nitrogens with one attached hydrogen (secondary N) is 1. The molecule has 2 aromatic heterocycles. The Morgan fingerprint density at radius 2 is 2.18 bits per heavy atom. The Morgan fingerprint density at radius 1 is 1.35 bits per heavy atom. The molecule has 2 aromatic rings. The molecule has 34 heavy (non-hydrogen) atoms. The Balaban J connectivity index is 1.92. The Kier molecular flexibility index (Phi) is 9.21. The normalized spacial score (nSPS) is 15.8. The number of hydrogen-bond donors (Lipinski definition) is 2. The topological polar surface area (TPSA) is 113 Å². The van der Waals surface area contributed by atoms with Gasteiger partial charge in [-0.05, 0) is 51.1 Å². The second kappa shape index (κ2) is 12.3. The van der Waals surface area contributed by atoms with Crippen molar-refractivity contribution in [3.63, 3.8) is 0 Å². The van der Waals surface area contributed by atoms with E-state index in [9.17, 15) is 4.55 Å². The molecule has 2 heterocycles. The summed E-state index contributed by atoms with van der Waals surface area (Å²) < 4.78 is 18.1. The molecule has 0 aliphatic heterocycles. The molecule has 0 bridgehead atoms. The first kappa shape index (κ1) is 25.4. The first-order valence-electron chi connectivity index (χ1n) is 11.2. The van der Waals surface area contributed by atoms with Gasteiger partial charge in [-0.25, -0.2) is 9.97 Å². The van der Waals surface area contributed by atoms with E-state index in [1.807, 2.05) is 88.6 Å². The summed E-state index contributed by atoms with van der Waals surface area (Å²) >= 11 is -1.02. The Labute approximate surface area is 204 Å². The minimum atomic E-state index is -1.02. The van der Waals surface area contributed by atoms with Gasteiger partial charge in [0.1, 0.15) is 15.8 Å². The Bertz CT molecular complexity index is 1170. The second-order valence-electron chi connectivity index (χ2n) is 7.88. The van der Waals surface area contributed by atoms with Crippen LogP contribution in [0.4, 0.5) is 5.82 Å². The van der Waals surface area contributed by atoms with Gasteiger partial charge in [0.2, 0.25) is 0 Å². The third kappa shape index (κ3) is 6.44. The maximum Gasteiger partial charge on any atom is 0.189 e. The second-order valence-corrected chi connectivity index (χ2v) is 9.94. The molecule has 1 aliphatic carbocycles. The number of nitrogens with zero attached hydrogens (tertiary/aromatic N) is 3. The summed E-state index contributed by atoms with van der Waals surface area (Å²) in [6.45, 7) is 6.63. The summed E-state index contributed by atoms with van der Waals surface area (Å²) in [5.41, 5.74) is 9.64. The number of likely N-dealkylation sites (N-methyl/N-ethyl adjacent to an activating group) is 1. The highest BCUT2D eigenvalue weighted by molar-refractivity contribution is 7.95. The lowest BCUT2D eigenvalue weighted by molar-refractivity contribution is 0.429. The van der Waals surface area contributed by atoms with E-state index in [0.717, 1.165) is 22.6 Å². The fourth-order valence-electron chi connectivity index (χ4n) is 3.24. The Hall–Kier alpha value is -3.20. The zero-order chi connectivity index (χ0) is 24.5. The minimum absolute atomic E-state index is 0.0680. The summed E-state index contributed by atoms with van der Waals surface area (Å²) in [5, 5.41) is 7.35. The largest absolute Gasteiger partial charge is 0.611 e. The van der Waals surface area contributed by atoms with Crippen molar-refractivity contribution in [1.29, 1.82) is 0 Å². The lowest BCUT2D eigenvalue weighted by Gasteiger charge is -2.15. The van der Waals surface area contributed by atoms with Crippen LogP contribution in [-0.4, -0.2) is 38.5 Å². The predicted molar refractivity (Wildman–Crippen MR) is 141 cm³/mol. The van der Waals surface area contributed by atoms with E-state index < -0.39 is 11.2 Å². The number of allylic oxidation sites excluding steroid dienone is 11. The van der Waals surface area contributed by atoms with Crippen LogP contribution in [0.2, 0.25) is 0 Å². The number of rotatable bonds is 9. The van der Waals surface area contributed by atoms with Crippen LogP contribution in [0.1, 0.15) is 38.6 Å². The van der Waals surface area contributed by atoms with Gasteiger partial charge >= 0.3 is 0 Å². The highest BCUT2D eigenvalue weighted by Gasteiger charge is 2.19. The van der Waals surface area contributed by atoms with Crippen molar-refractivity contribution in [3.8, 4) is 11.5 Å². The first-order chi connectivity index (χ1) is 16.4. The highest BCUT2D eigenvalue weighted by Crippen LogP contribution is 2.29. The molecular weight excluding hydrogens is 446 g/mol. The van der Waals surface area contributed by atoms with Crippen LogP contribution in [0.15, 0.2) is 76.4 Å². The zero-order valence-corrected chi connectivity index (χ0v) is 20.8. The molecule has 1 atom stereocenters. The maximum atomic E-state index is 12.5. The molecule has 178 valence electrons. The number of nitrogens with two attached hydrogens (primary N) is 1. The SMILES string of the molecule is C\C=C/C(=C\C=C\CNC)c1cc(-c2nc(C3=CC=C([S+]([O-])C(C)C)CC=C3)cnc2N)on1. The van der Waals surface area contributed by atoms with E-state index in [1.165, 1.54) is 0 Å². The van der Waals surface area contributed by atoms with Gasteiger partial charge < -0.3 is 20.1 Å². The van der Waals surface area contributed by atoms with E-state index in [1.54, 1.807) is 6.20 Å². The molecule has 0 radical (unpaired) electrons. The molecule has 0 fully saturated rings. The van der Waals surface area contributed by atoms with E-state index >= 15 is 0 Å². The highest BCUT2D eigenvalue weighted by atomic mass is 32.2. The summed E-state index contributed by atoms with van der Waals surface area (Å²) in [4.78, 5) is 9.93.